The van der Waals surface area contributed by atoms with Crippen LogP contribution in [0.25, 0.3) is 0 Å². The zero-order chi connectivity index (χ0) is 17.6. The average molecular weight is 374 g/mol. The molecule has 0 bridgehead atoms. The minimum absolute atomic E-state index is 0.0227. The summed E-state index contributed by atoms with van der Waals surface area (Å²) in [5, 5.41) is 14.1. The van der Waals surface area contributed by atoms with E-state index in [0.717, 1.165) is 21.3 Å². The van der Waals surface area contributed by atoms with E-state index in [4.69, 9.17) is 0 Å². The van der Waals surface area contributed by atoms with E-state index in [0.29, 0.717) is 18.0 Å². The van der Waals surface area contributed by atoms with E-state index >= 15 is 0 Å². The molecule has 1 unspecified atom stereocenters. The van der Waals surface area contributed by atoms with Crippen LogP contribution in [-0.2, 0) is 16.0 Å². The molecule has 0 radical (unpaired) electrons. The number of carbonyl (C=O) groups excluding carboxylic acids is 2. The minimum Gasteiger partial charge on any atom is -0.326 e. The van der Waals surface area contributed by atoms with Gasteiger partial charge in [0.2, 0.25) is 16.9 Å². The normalized spacial score (nSPS) is 16.0. The van der Waals surface area contributed by atoms with Gasteiger partial charge in [-0.05, 0) is 24.5 Å². The van der Waals surface area contributed by atoms with Crippen LogP contribution in [0.5, 0.6) is 0 Å². The van der Waals surface area contributed by atoms with Crippen LogP contribution in [-0.4, -0.2) is 27.8 Å². The van der Waals surface area contributed by atoms with Crippen LogP contribution in [0.4, 0.5) is 10.8 Å². The molecule has 3 rings (SSSR count). The van der Waals surface area contributed by atoms with E-state index in [-0.39, 0.29) is 24.2 Å². The van der Waals surface area contributed by atoms with Crippen molar-refractivity contribution in [3.63, 3.8) is 0 Å². The topological polar surface area (TPSA) is 84.0 Å². The Labute approximate surface area is 154 Å². The number of rotatable bonds is 7. The van der Waals surface area contributed by atoms with Crippen molar-refractivity contribution in [2.24, 2.45) is 5.92 Å². The zero-order valence-electron chi connectivity index (χ0n) is 13.5. The smallest absolute Gasteiger partial charge is 0.227 e. The van der Waals surface area contributed by atoms with Gasteiger partial charge >= 0.3 is 0 Å². The molecule has 0 spiro atoms. The van der Waals surface area contributed by atoms with E-state index in [1.807, 2.05) is 24.3 Å². The Morgan fingerprint density at radius 2 is 2.28 bits per heavy atom. The lowest BCUT2D eigenvalue weighted by molar-refractivity contribution is -0.121. The first kappa shape index (κ1) is 17.6. The molecule has 6 nitrogen and oxygen atoms in total. The van der Waals surface area contributed by atoms with Crippen molar-refractivity contribution in [2.75, 3.05) is 16.4 Å². The van der Waals surface area contributed by atoms with E-state index < -0.39 is 0 Å². The Kier molecular flexibility index (Phi) is 5.83. The number of anilines is 2. The molecule has 0 saturated carbocycles. The molecule has 1 atom stereocenters. The lowest BCUT2D eigenvalue weighted by Crippen LogP contribution is -2.30. The van der Waals surface area contributed by atoms with Gasteiger partial charge in [0.1, 0.15) is 0 Å². The predicted molar refractivity (Wildman–Crippen MR) is 101 cm³/mol. The summed E-state index contributed by atoms with van der Waals surface area (Å²) in [6, 6.07) is 7.76. The number of thioether (sulfide) groups is 1. The highest BCUT2D eigenvalue weighted by Gasteiger charge is 2.26. The number of nitrogens with one attached hydrogen (secondary N) is 2. The Bertz CT molecular complexity index is 790. The Balaban J connectivity index is 1.50. The molecule has 2 amide bonds. The van der Waals surface area contributed by atoms with Crippen LogP contribution in [0.15, 0.2) is 41.3 Å². The molecule has 1 aliphatic rings. The second kappa shape index (κ2) is 8.26. The Morgan fingerprint density at radius 3 is 3.12 bits per heavy atom. The maximum Gasteiger partial charge on any atom is 0.227 e. The number of benzene rings is 1. The molecule has 1 aromatic heterocycles. The van der Waals surface area contributed by atoms with Crippen LogP contribution in [0, 0.1) is 5.92 Å². The molecule has 0 aliphatic carbocycles. The van der Waals surface area contributed by atoms with Crippen molar-refractivity contribution in [1.29, 1.82) is 0 Å². The molecule has 25 heavy (non-hydrogen) atoms. The highest BCUT2D eigenvalue weighted by molar-refractivity contribution is 8.01. The van der Waals surface area contributed by atoms with E-state index in [1.165, 1.54) is 23.1 Å². The van der Waals surface area contributed by atoms with Crippen molar-refractivity contribution in [2.45, 2.75) is 23.6 Å². The van der Waals surface area contributed by atoms with E-state index in [1.54, 1.807) is 6.08 Å². The summed E-state index contributed by atoms with van der Waals surface area (Å²) in [6.07, 6.45) is 3.23. The summed E-state index contributed by atoms with van der Waals surface area (Å²) in [5.41, 5.74) is 1.98. The van der Waals surface area contributed by atoms with Crippen molar-refractivity contribution in [1.82, 2.24) is 10.2 Å². The predicted octanol–water partition coefficient (Wildman–Crippen LogP) is 3.35. The van der Waals surface area contributed by atoms with Crippen LogP contribution >= 0.6 is 23.1 Å². The van der Waals surface area contributed by atoms with Crippen LogP contribution in [0.1, 0.15) is 18.4 Å². The van der Waals surface area contributed by atoms with Crippen LogP contribution in [0.3, 0.4) is 0 Å². The monoisotopic (exact) mass is 374 g/mol. The first-order chi connectivity index (χ1) is 12.2. The fourth-order valence-corrected chi connectivity index (χ4v) is 4.11. The van der Waals surface area contributed by atoms with Crippen molar-refractivity contribution in [3.8, 4) is 0 Å². The van der Waals surface area contributed by atoms with Crippen LogP contribution < -0.4 is 10.6 Å². The molecule has 0 fully saturated rings. The van der Waals surface area contributed by atoms with Gasteiger partial charge in [-0.3, -0.25) is 9.59 Å². The molecule has 2 aromatic rings. The molecule has 2 heterocycles. The standard InChI is InChI=1S/C17H18N4O2S2/c1-2-9-24-17-21-20-16(25-17)19-14(22)8-7-12-10-11-5-3-4-6-13(11)18-15(12)23/h2-6,12H,1,7-10H2,(H,18,23)(H,19,20,22). The molecular weight excluding hydrogens is 356 g/mol. The third-order valence-corrected chi connectivity index (χ3v) is 5.78. The van der Waals surface area contributed by atoms with Gasteiger partial charge in [0.05, 0.1) is 0 Å². The van der Waals surface area contributed by atoms with Gasteiger partial charge in [0.15, 0.2) is 4.34 Å². The molecule has 130 valence electrons. The summed E-state index contributed by atoms with van der Waals surface area (Å²) in [4.78, 5) is 24.3. The molecule has 2 N–H and O–H groups in total. The highest BCUT2D eigenvalue weighted by Crippen LogP contribution is 2.28. The quantitative estimate of drug-likeness (QED) is 0.441. The average Bonchev–Trinajstić information content (AvgIpc) is 3.05. The number of hydrogen-bond donors (Lipinski definition) is 2. The Hall–Kier alpha value is -2.19. The number of hydrogen-bond acceptors (Lipinski definition) is 6. The second-order valence-electron chi connectivity index (χ2n) is 5.61. The number of aromatic nitrogens is 2. The molecular formula is C17H18N4O2S2. The maximum atomic E-state index is 12.2. The first-order valence-corrected chi connectivity index (χ1v) is 9.71. The number of fused-ring (bicyclic) bond motifs is 1. The molecule has 8 heteroatoms. The zero-order valence-corrected chi connectivity index (χ0v) is 15.2. The number of amides is 2. The summed E-state index contributed by atoms with van der Waals surface area (Å²) in [6.45, 7) is 3.65. The summed E-state index contributed by atoms with van der Waals surface area (Å²) < 4.78 is 0.790. The second-order valence-corrected chi connectivity index (χ2v) is 7.85. The molecule has 0 saturated heterocycles. The largest absolute Gasteiger partial charge is 0.326 e. The van der Waals surface area contributed by atoms with Crippen LogP contribution in [0.2, 0.25) is 0 Å². The lowest BCUT2D eigenvalue weighted by Gasteiger charge is -2.24. The summed E-state index contributed by atoms with van der Waals surface area (Å²) in [7, 11) is 0. The van der Waals surface area contributed by atoms with Gasteiger partial charge in [-0.1, -0.05) is 47.4 Å². The lowest BCUT2D eigenvalue weighted by atomic mass is 9.89. The van der Waals surface area contributed by atoms with Gasteiger partial charge in [-0.2, -0.15) is 0 Å². The van der Waals surface area contributed by atoms with Gasteiger partial charge in [0.25, 0.3) is 0 Å². The SMILES string of the molecule is C=CCSc1nnc(NC(=O)CCC2Cc3ccccc3NC2=O)s1. The third-order valence-electron chi connectivity index (χ3n) is 3.81. The Morgan fingerprint density at radius 1 is 1.44 bits per heavy atom. The number of carbonyl (C=O) groups is 2. The van der Waals surface area contributed by atoms with E-state index in [2.05, 4.69) is 27.4 Å². The van der Waals surface area contributed by atoms with Crippen molar-refractivity contribution in [3.05, 3.63) is 42.5 Å². The van der Waals surface area contributed by atoms with Gasteiger partial charge in [-0.15, -0.1) is 16.8 Å². The van der Waals surface area contributed by atoms with Crippen molar-refractivity contribution < 1.29 is 9.59 Å². The fraction of sp³-hybridized carbons (Fsp3) is 0.294. The van der Waals surface area contributed by atoms with Gasteiger partial charge < -0.3 is 10.6 Å². The van der Waals surface area contributed by atoms with Gasteiger partial charge in [-0.25, -0.2) is 0 Å². The van der Waals surface area contributed by atoms with Gasteiger partial charge in [0, 0.05) is 23.8 Å². The highest BCUT2D eigenvalue weighted by atomic mass is 32.2. The summed E-state index contributed by atoms with van der Waals surface area (Å²) in [5.74, 6) is 0.392. The summed E-state index contributed by atoms with van der Waals surface area (Å²) >= 11 is 2.86. The molecule has 1 aromatic carbocycles. The number of nitrogens with zero attached hydrogens (tertiary/aromatic N) is 2. The fourth-order valence-electron chi connectivity index (χ4n) is 2.58. The maximum absolute atomic E-state index is 12.2. The van der Waals surface area contributed by atoms with E-state index in [9.17, 15) is 9.59 Å². The first-order valence-electron chi connectivity index (χ1n) is 7.91. The molecule has 1 aliphatic heterocycles. The van der Waals surface area contributed by atoms with Crippen molar-refractivity contribution >= 4 is 45.7 Å². The minimum atomic E-state index is -0.186. The third kappa shape index (κ3) is 4.67. The number of para-hydroxylation sites is 1.